The van der Waals surface area contributed by atoms with Crippen molar-refractivity contribution in [2.75, 3.05) is 19.8 Å². The smallest absolute Gasteiger partial charge is 0.393 e. The van der Waals surface area contributed by atoms with E-state index in [-0.39, 0.29) is 19.6 Å². The number of rotatable bonds is 29. The Morgan fingerprint density at radius 3 is 2.09 bits per heavy atom. The van der Waals surface area contributed by atoms with Crippen molar-refractivity contribution in [1.29, 1.82) is 0 Å². The van der Waals surface area contributed by atoms with E-state index in [0.717, 1.165) is 57.8 Å². The van der Waals surface area contributed by atoms with E-state index in [2.05, 4.69) is 54.8 Å². The van der Waals surface area contributed by atoms with Crippen LogP contribution in [0.2, 0.25) is 0 Å². The molecule has 0 spiro atoms. The first kappa shape index (κ1) is 42.2. The molecule has 0 bridgehead atoms. The lowest BCUT2D eigenvalue weighted by Crippen LogP contribution is -2.46. The highest BCUT2D eigenvalue weighted by atomic mass is 31.2. The maximum Gasteiger partial charge on any atom is 0.472 e. The van der Waals surface area contributed by atoms with Gasteiger partial charge in [-0.3, -0.25) is 13.8 Å². The molecule has 1 amide bonds. The third-order valence-corrected chi connectivity index (χ3v) is 7.70. The van der Waals surface area contributed by atoms with Gasteiger partial charge in [0.1, 0.15) is 0 Å². The van der Waals surface area contributed by atoms with Crippen LogP contribution in [-0.4, -0.2) is 59.0 Å². The number of aliphatic hydroxyl groups is 2. The first-order valence-corrected chi connectivity index (χ1v) is 18.0. The van der Waals surface area contributed by atoms with E-state index < -0.39 is 38.6 Å². The van der Waals surface area contributed by atoms with Crippen LogP contribution in [0.5, 0.6) is 0 Å². The molecule has 0 rings (SSSR count). The maximum absolute atomic E-state index is 12.7. The molecular weight excluding hydrogens is 579 g/mol. The lowest BCUT2D eigenvalue weighted by atomic mass is 10.0. The van der Waals surface area contributed by atoms with Crippen molar-refractivity contribution in [1.82, 2.24) is 5.32 Å². The van der Waals surface area contributed by atoms with Gasteiger partial charge in [0.25, 0.3) is 0 Å². The molecule has 0 saturated heterocycles. The van der Waals surface area contributed by atoms with Crippen LogP contribution >= 0.6 is 7.82 Å². The van der Waals surface area contributed by atoms with Gasteiger partial charge in [-0.05, 0) is 64.7 Å². The normalized spacial score (nSPS) is 16.0. The van der Waals surface area contributed by atoms with Gasteiger partial charge in [-0.25, -0.2) is 4.57 Å². The van der Waals surface area contributed by atoms with Gasteiger partial charge in [0.2, 0.25) is 5.91 Å². The molecule has 0 aromatic rings. The lowest BCUT2D eigenvalue weighted by Gasteiger charge is -2.24. The van der Waals surface area contributed by atoms with E-state index in [0.29, 0.717) is 12.8 Å². The molecule has 0 radical (unpaired) electrons. The summed E-state index contributed by atoms with van der Waals surface area (Å²) in [5.41, 5.74) is 5.31. The fourth-order valence-corrected chi connectivity index (χ4v) is 4.96. The molecule has 254 valence electrons. The summed E-state index contributed by atoms with van der Waals surface area (Å²) in [6.45, 7) is 3.61. The minimum Gasteiger partial charge on any atom is -0.393 e. The third-order valence-electron chi connectivity index (χ3n) is 6.72. The Labute approximate surface area is 267 Å². The van der Waals surface area contributed by atoms with E-state index in [9.17, 15) is 24.5 Å². The Bertz CT molecular complexity index is 889. The number of hydrogen-bond donors (Lipinski definition) is 5. The number of amides is 1. The number of allylic oxidation sites excluding steroid dienone is 9. The molecule has 6 N–H and O–H groups in total. The lowest BCUT2D eigenvalue weighted by molar-refractivity contribution is -0.124. The molecule has 0 aromatic carbocycles. The van der Waals surface area contributed by atoms with Crippen LogP contribution in [0.15, 0.2) is 60.8 Å². The van der Waals surface area contributed by atoms with Crippen LogP contribution in [0.1, 0.15) is 110 Å². The minimum absolute atomic E-state index is 0.0367. The van der Waals surface area contributed by atoms with Gasteiger partial charge in [-0.15, -0.1) is 0 Å². The number of phosphoric ester groups is 1. The zero-order valence-electron chi connectivity index (χ0n) is 27.2. The van der Waals surface area contributed by atoms with Gasteiger partial charge in [-0.1, -0.05) is 99.8 Å². The molecule has 0 aliphatic rings. The van der Waals surface area contributed by atoms with Gasteiger partial charge in [0, 0.05) is 6.54 Å². The van der Waals surface area contributed by atoms with Gasteiger partial charge in [0.15, 0.2) is 0 Å². The molecule has 4 atom stereocenters. The monoisotopic (exact) mass is 640 g/mol. The molecule has 4 unspecified atom stereocenters. The Morgan fingerprint density at radius 2 is 1.45 bits per heavy atom. The third kappa shape index (κ3) is 27.7. The molecule has 9 nitrogen and oxygen atoms in total. The van der Waals surface area contributed by atoms with Gasteiger partial charge < -0.3 is 26.2 Å². The first-order valence-electron chi connectivity index (χ1n) is 16.5. The van der Waals surface area contributed by atoms with E-state index in [1.807, 2.05) is 13.0 Å². The molecule has 0 aromatic heterocycles. The molecule has 44 heavy (non-hydrogen) atoms. The second-order valence-electron chi connectivity index (χ2n) is 10.9. The average Bonchev–Trinajstić information content (AvgIpc) is 2.99. The Hall–Kier alpha value is -1.84. The predicted molar refractivity (Wildman–Crippen MR) is 181 cm³/mol. The topological polar surface area (TPSA) is 151 Å². The van der Waals surface area contributed by atoms with Crippen molar-refractivity contribution in [3.8, 4) is 0 Å². The highest BCUT2D eigenvalue weighted by molar-refractivity contribution is 7.47. The van der Waals surface area contributed by atoms with Crippen LogP contribution in [0, 0.1) is 0 Å². The minimum atomic E-state index is -4.40. The molecule has 10 heteroatoms. The number of hydrogen-bond acceptors (Lipinski definition) is 7. The standard InChI is InChI=1S/C34H61N2O7P/c1-3-5-7-9-11-13-14-15-16-18-19-21-23-25-31(37)29-34(39)36-32(30-43-44(40,41)42-28-27-35)33(38)26-24-22-20-17-12-10-8-6-4-2/h4,6,11-15,17,24,26,31-33,37-38H,3,5,7-10,16,18-23,25,27-30,35H2,1-2H3,(H,36,39)(H,40,41)/b6-4+,13-11-,15-14-,17-12+,26-24+. The maximum atomic E-state index is 12.7. The second-order valence-corrected chi connectivity index (χ2v) is 12.3. The van der Waals surface area contributed by atoms with Crippen LogP contribution < -0.4 is 11.1 Å². The summed E-state index contributed by atoms with van der Waals surface area (Å²) in [5, 5.41) is 23.7. The molecule has 0 aliphatic carbocycles. The highest BCUT2D eigenvalue weighted by Gasteiger charge is 2.27. The number of carbonyl (C=O) groups excluding carboxylic acids is 1. The quantitative estimate of drug-likeness (QED) is 0.0255. The fourth-order valence-electron chi connectivity index (χ4n) is 4.20. The first-order chi connectivity index (χ1) is 21.3. The van der Waals surface area contributed by atoms with Crippen LogP contribution in [0.25, 0.3) is 0 Å². The summed E-state index contributed by atoms with van der Waals surface area (Å²) in [7, 11) is -4.40. The average molecular weight is 641 g/mol. The SMILES string of the molecule is C/C=C/CC/C=C/CC/C=C/C(O)C(COP(=O)(O)OCCN)NC(=O)CC(O)CCCCCC/C=C\C=C/CCCCC. The number of unbranched alkanes of at least 4 members (excludes halogenated alkanes) is 9. The Morgan fingerprint density at radius 1 is 0.841 bits per heavy atom. The summed E-state index contributed by atoms with van der Waals surface area (Å²) in [6, 6.07) is -1.01. The molecular formula is C34H61N2O7P. The number of nitrogens with one attached hydrogen (secondary N) is 1. The Balaban J connectivity index is 4.58. The van der Waals surface area contributed by atoms with Gasteiger partial charge in [0.05, 0.1) is 37.9 Å². The van der Waals surface area contributed by atoms with Crippen molar-refractivity contribution < 1.29 is 33.5 Å². The Kier molecular flexibility index (Phi) is 28.6. The van der Waals surface area contributed by atoms with Crippen molar-refractivity contribution in [2.45, 2.75) is 128 Å². The van der Waals surface area contributed by atoms with Crippen molar-refractivity contribution in [3.63, 3.8) is 0 Å². The summed E-state index contributed by atoms with van der Waals surface area (Å²) in [5.74, 6) is -0.480. The summed E-state index contributed by atoms with van der Waals surface area (Å²) < 4.78 is 21.8. The largest absolute Gasteiger partial charge is 0.472 e. The van der Waals surface area contributed by atoms with Gasteiger partial charge in [-0.2, -0.15) is 0 Å². The molecule has 0 heterocycles. The second kappa shape index (κ2) is 29.8. The summed E-state index contributed by atoms with van der Waals surface area (Å²) >= 11 is 0. The molecule has 0 fully saturated rings. The summed E-state index contributed by atoms with van der Waals surface area (Å²) in [6.07, 6.45) is 31.9. The van der Waals surface area contributed by atoms with Crippen molar-refractivity contribution in [2.24, 2.45) is 5.73 Å². The van der Waals surface area contributed by atoms with Gasteiger partial charge >= 0.3 is 7.82 Å². The van der Waals surface area contributed by atoms with E-state index >= 15 is 0 Å². The number of nitrogens with two attached hydrogens (primary N) is 1. The zero-order valence-corrected chi connectivity index (χ0v) is 28.1. The number of carbonyl (C=O) groups is 1. The van der Waals surface area contributed by atoms with Crippen LogP contribution in [-0.2, 0) is 18.4 Å². The molecule has 0 aliphatic heterocycles. The number of phosphoric acid groups is 1. The zero-order chi connectivity index (χ0) is 32.7. The van der Waals surface area contributed by atoms with E-state index in [1.54, 1.807) is 6.08 Å². The van der Waals surface area contributed by atoms with E-state index in [1.165, 1.54) is 25.3 Å². The summed E-state index contributed by atoms with van der Waals surface area (Å²) in [4.78, 5) is 22.5. The highest BCUT2D eigenvalue weighted by Crippen LogP contribution is 2.43. The van der Waals surface area contributed by atoms with Crippen molar-refractivity contribution in [3.05, 3.63) is 60.8 Å². The van der Waals surface area contributed by atoms with Crippen LogP contribution in [0.3, 0.4) is 0 Å². The fraction of sp³-hybridized carbons (Fsp3) is 0.676. The predicted octanol–water partition coefficient (Wildman–Crippen LogP) is 6.96. The van der Waals surface area contributed by atoms with Crippen molar-refractivity contribution >= 4 is 13.7 Å². The van der Waals surface area contributed by atoms with E-state index in [4.69, 9.17) is 14.8 Å². The van der Waals surface area contributed by atoms with Crippen LogP contribution in [0.4, 0.5) is 0 Å². The number of aliphatic hydroxyl groups excluding tert-OH is 2. The molecule has 0 saturated carbocycles.